The van der Waals surface area contributed by atoms with Crippen LogP contribution in [0.15, 0.2) is 65.5 Å². The minimum absolute atomic E-state index is 0.00527. The van der Waals surface area contributed by atoms with Crippen LogP contribution in [0.5, 0.6) is 5.75 Å². The van der Waals surface area contributed by atoms with Crippen molar-refractivity contribution >= 4 is 29.2 Å². The van der Waals surface area contributed by atoms with E-state index in [0.29, 0.717) is 23.8 Å². The first-order chi connectivity index (χ1) is 17.4. The Hall–Kier alpha value is -4.66. The summed E-state index contributed by atoms with van der Waals surface area (Å²) in [5.41, 5.74) is 10.3. The number of aromatic nitrogens is 3. The molecule has 9 nitrogen and oxygen atoms in total. The van der Waals surface area contributed by atoms with Gasteiger partial charge in [0.25, 0.3) is 0 Å². The largest absolute Gasteiger partial charge is 0.497 e. The molecule has 9 heteroatoms. The zero-order valence-corrected chi connectivity index (χ0v) is 20.0. The molecule has 0 fully saturated rings. The lowest BCUT2D eigenvalue weighted by Gasteiger charge is -2.24. The van der Waals surface area contributed by atoms with E-state index >= 15 is 0 Å². The van der Waals surface area contributed by atoms with E-state index in [1.807, 2.05) is 55.5 Å². The first-order valence-electron chi connectivity index (χ1n) is 11.4. The Morgan fingerprint density at radius 1 is 1.14 bits per heavy atom. The van der Waals surface area contributed by atoms with Crippen LogP contribution in [0.3, 0.4) is 0 Å². The fraction of sp³-hybridized carbons (Fsp3) is 0.185. The number of primary amides is 1. The molecule has 2 amide bonds. The number of rotatable bonds is 7. The minimum atomic E-state index is -0.470. The Bertz CT molecular complexity index is 1470. The summed E-state index contributed by atoms with van der Waals surface area (Å²) >= 11 is 0. The van der Waals surface area contributed by atoms with Gasteiger partial charge in [-0.1, -0.05) is 24.3 Å². The molecule has 0 atom stereocenters. The molecule has 36 heavy (non-hydrogen) atoms. The van der Waals surface area contributed by atoms with Gasteiger partial charge in [0.05, 0.1) is 38.2 Å². The monoisotopic (exact) mass is 483 g/mol. The van der Waals surface area contributed by atoms with Crippen molar-refractivity contribution in [1.29, 1.82) is 0 Å². The maximum absolute atomic E-state index is 13.6. The summed E-state index contributed by atoms with van der Waals surface area (Å²) in [6.07, 6.45) is 7.18. The van der Waals surface area contributed by atoms with Crippen molar-refractivity contribution in [3.05, 3.63) is 83.8 Å². The van der Waals surface area contributed by atoms with Crippen molar-refractivity contribution in [3.63, 3.8) is 0 Å². The van der Waals surface area contributed by atoms with E-state index in [0.717, 1.165) is 33.7 Å². The molecule has 0 saturated carbocycles. The summed E-state index contributed by atoms with van der Waals surface area (Å²) in [6, 6.07) is 13.5. The van der Waals surface area contributed by atoms with Crippen LogP contribution in [0.4, 0.5) is 5.69 Å². The van der Waals surface area contributed by atoms with E-state index in [1.165, 1.54) is 4.68 Å². The molecule has 1 aliphatic heterocycles. The van der Waals surface area contributed by atoms with Crippen LogP contribution >= 0.6 is 0 Å². The van der Waals surface area contributed by atoms with Crippen LogP contribution in [-0.4, -0.2) is 33.7 Å². The fourth-order valence-corrected chi connectivity index (χ4v) is 4.20. The van der Waals surface area contributed by atoms with Crippen molar-refractivity contribution in [2.24, 2.45) is 5.73 Å². The van der Waals surface area contributed by atoms with E-state index in [-0.39, 0.29) is 18.9 Å². The summed E-state index contributed by atoms with van der Waals surface area (Å²) in [6.45, 7) is 2.20. The first kappa shape index (κ1) is 23.1. The molecule has 0 spiro atoms. The molecule has 2 aromatic heterocycles. The zero-order valence-electron chi connectivity index (χ0n) is 20.0. The molecule has 5 rings (SSSR count). The summed E-state index contributed by atoms with van der Waals surface area (Å²) in [5.74, 6) is 1.33. The lowest BCUT2D eigenvalue weighted by atomic mass is 10.0. The van der Waals surface area contributed by atoms with Crippen LogP contribution in [0.1, 0.15) is 29.2 Å². The third kappa shape index (κ3) is 4.76. The molecule has 182 valence electrons. The standard InChI is InChI=1S/C27H25N5O4/c1-17-12-29-27(36-17)21-9-20-6-5-19(22-13-30-31(15-22)16-25(28)33)10-24(20)32(26(34)11-21)14-18-3-7-23(35-2)8-4-18/h3-10,12-13,15H,11,14,16H2,1-2H3,(H2,28,33). The summed E-state index contributed by atoms with van der Waals surface area (Å²) in [4.78, 5) is 31.0. The van der Waals surface area contributed by atoms with Crippen molar-refractivity contribution in [1.82, 2.24) is 14.8 Å². The van der Waals surface area contributed by atoms with Crippen molar-refractivity contribution in [3.8, 4) is 16.9 Å². The maximum Gasteiger partial charge on any atom is 0.239 e. The normalized spacial score (nSPS) is 13.2. The molecule has 1 aliphatic rings. The van der Waals surface area contributed by atoms with E-state index in [2.05, 4.69) is 10.1 Å². The Labute approximate surface area is 207 Å². The Kier molecular flexibility index (Phi) is 6.12. The Morgan fingerprint density at radius 3 is 2.64 bits per heavy atom. The molecule has 2 aromatic carbocycles. The molecule has 3 heterocycles. The van der Waals surface area contributed by atoms with E-state index < -0.39 is 5.91 Å². The van der Waals surface area contributed by atoms with Gasteiger partial charge in [-0.05, 0) is 47.9 Å². The molecule has 0 radical (unpaired) electrons. The molecule has 0 saturated heterocycles. The number of carbonyl (C=O) groups is 2. The topological polar surface area (TPSA) is 116 Å². The van der Waals surface area contributed by atoms with Crippen molar-refractivity contribution < 1.29 is 18.7 Å². The lowest BCUT2D eigenvalue weighted by Crippen LogP contribution is -2.30. The Balaban J connectivity index is 1.56. The van der Waals surface area contributed by atoms with Gasteiger partial charge in [-0.2, -0.15) is 5.10 Å². The van der Waals surface area contributed by atoms with Crippen LogP contribution in [0, 0.1) is 6.92 Å². The van der Waals surface area contributed by atoms with E-state index in [9.17, 15) is 9.59 Å². The number of methoxy groups -OCH3 is 1. The van der Waals surface area contributed by atoms with Gasteiger partial charge in [0, 0.05) is 17.3 Å². The highest BCUT2D eigenvalue weighted by atomic mass is 16.5. The van der Waals surface area contributed by atoms with Crippen molar-refractivity contribution in [2.45, 2.75) is 26.4 Å². The Morgan fingerprint density at radius 2 is 1.94 bits per heavy atom. The molecule has 0 bridgehead atoms. The number of amides is 2. The number of fused-ring (bicyclic) bond motifs is 1. The number of nitrogens with two attached hydrogens (primary N) is 1. The SMILES string of the molecule is COc1ccc(CN2C(=O)CC(c3ncc(C)o3)=Cc3ccc(-c4cnn(CC(N)=O)c4)cc32)cc1. The first-order valence-corrected chi connectivity index (χ1v) is 11.4. The molecule has 2 N–H and O–H groups in total. The van der Waals surface area contributed by atoms with Crippen molar-refractivity contribution in [2.75, 3.05) is 12.0 Å². The predicted molar refractivity (Wildman–Crippen MR) is 135 cm³/mol. The number of nitrogens with zero attached hydrogens (tertiary/aromatic N) is 4. The number of benzene rings is 2. The van der Waals surface area contributed by atoms with Gasteiger partial charge < -0.3 is 19.8 Å². The number of carbonyl (C=O) groups excluding carboxylic acids is 2. The van der Waals surface area contributed by atoms with Crippen LogP contribution in [0.2, 0.25) is 0 Å². The van der Waals surface area contributed by atoms with E-state index in [1.54, 1.807) is 30.6 Å². The highest BCUT2D eigenvalue weighted by Crippen LogP contribution is 2.36. The van der Waals surface area contributed by atoms with Gasteiger partial charge >= 0.3 is 0 Å². The average molecular weight is 484 g/mol. The van der Waals surface area contributed by atoms with Gasteiger partial charge in [0.15, 0.2) is 0 Å². The van der Waals surface area contributed by atoms with Gasteiger partial charge in [0.1, 0.15) is 18.1 Å². The van der Waals surface area contributed by atoms with Gasteiger partial charge in [-0.15, -0.1) is 0 Å². The van der Waals surface area contributed by atoms with Crippen LogP contribution < -0.4 is 15.4 Å². The quantitative estimate of drug-likeness (QED) is 0.427. The summed E-state index contributed by atoms with van der Waals surface area (Å²) in [7, 11) is 1.62. The predicted octanol–water partition coefficient (Wildman–Crippen LogP) is 3.82. The molecular formula is C27H25N5O4. The second-order valence-corrected chi connectivity index (χ2v) is 8.62. The maximum atomic E-state index is 13.6. The summed E-state index contributed by atoms with van der Waals surface area (Å²) in [5, 5.41) is 4.23. The molecule has 0 unspecified atom stereocenters. The average Bonchev–Trinajstić information content (AvgIpc) is 3.48. The number of aryl methyl sites for hydroxylation is 1. The van der Waals surface area contributed by atoms with Crippen LogP contribution in [-0.2, 0) is 22.7 Å². The number of ether oxygens (including phenoxy) is 1. The zero-order chi connectivity index (χ0) is 25.2. The van der Waals surface area contributed by atoms with Gasteiger partial charge in [0.2, 0.25) is 17.7 Å². The van der Waals surface area contributed by atoms with E-state index in [4.69, 9.17) is 14.9 Å². The number of hydrogen-bond acceptors (Lipinski definition) is 6. The van der Waals surface area contributed by atoms with Gasteiger partial charge in [-0.3, -0.25) is 14.3 Å². The third-order valence-corrected chi connectivity index (χ3v) is 5.97. The number of oxazole rings is 1. The fourth-order valence-electron chi connectivity index (χ4n) is 4.20. The third-order valence-electron chi connectivity index (χ3n) is 5.97. The lowest BCUT2D eigenvalue weighted by molar-refractivity contribution is -0.119. The summed E-state index contributed by atoms with van der Waals surface area (Å²) < 4.78 is 12.5. The highest BCUT2D eigenvalue weighted by molar-refractivity contribution is 6.06. The second kappa shape index (κ2) is 9.53. The molecule has 4 aromatic rings. The molecular weight excluding hydrogens is 458 g/mol. The highest BCUT2D eigenvalue weighted by Gasteiger charge is 2.26. The van der Waals surface area contributed by atoms with Crippen LogP contribution in [0.25, 0.3) is 22.8 Å². The number of anilines is 1. The number of hydrogen-bond donors (Lipinski definition) is 1. The second-order valence-electron chi connectivity index (χ2n) is 8.62. The smallest absolute Gasteiger partial charge is 0.239 e. The minimum Gasteiger partial charge on any atom is -0.497 e. The van der Waals surface area contributed by atoms with Gasteiger partial charge in [-0.25, -0.2) is 4.98 Å². The molecule has 0 aliphatic carbocycles.